The topological polar surface area (TPSA) is 38.9 Å². The van der Waals surface area contributed by atoms with Crippen molar-refractivity contribution in [2.24, 2.45) is 5.73 Å². The lowest BCUT2D eigenvalue weighted by atomic mass is 9.80. The number of aromatic nitrogens is 1. The summed E-state index contributed by atoms with van der Waals surface area (Å²) in [4.78, 5) is 3.68. The second-order valence-corrected chi connectivity index (χ2v) is 4.19. The van der Waals surface area contributed by atoms with Crippen LogP contribution in [0.25, 0.3) is 0 Å². The number of halogens is 2. The van der Waals surface area contributed by atoms with Gasteiger partial charge in [-0.15, -0.1) is 0 Å². The maximum Gasteiger partial charge on any atom is 0.141 e. The van der Waals surface area contributed by atoms with Crippen molar-refractivity contribution in [2.45, 2.75) is 37.4 Å². The molecule has 0 aromatic carbocycles. The molecule has 1 aromatic heterocycles. The third-order valence-electron chi connectivity index (χ3n) is 3.05. The van der Waals surface area contributed by atoms with Crippen molar-refractivity contribution < 1.29 is 8.78 Å². The Morgan fingerprint density at radius 2 is 2.00 bits per heavy atom. The lowest BCUT2D eigenvalue weighted by molar-refractivity contribution is 0.0971. The van der Waals surface area contributed by atoms with E-state index in [1.807, 2.05) is 0 Å². The van der Waals surface area contributed by atoms with E-state index in [0.29, 0.717) is 31.2 Å². The maximum atomic E-state index is 14.4. The molecule has 1 aliphatic carbocycles. The number of nitrogens with zero attached hydrogens (tertiary/aromatic N) is 1. The van der Waals surface area contributed by atoms with Crippen LogP contribution in [0.15, 0.2) is 18.5 Å². The number of alkyl halides is 1. The minimum absolute atomic E-state index is 0.0791. The van der Waals surface area contributed by atoms with Crippen LogP contribution < -0.4 is 5.73 Å². The Morgan fingerprint density at radius 1 is 1.33 bits per heavy atom. The minimum atomic E-state index is -1.44. The zero-order chi connectivity index (χ0) is 10.9. The lowest BCUT2D eigenvalue weighted by Gasteiger charge is -2.32. The summed E-state index contributed by atoms with van der Waals surface area (Å²) >= 11 is 0. The Balaban J connectivity index is 2.22. The van der Waals surface area contributed by atoms with Crippen molar-refractivity contribution >= 4 is 0 Å². The number of hydrogen-bond donors (Lipinski definition) is 1. The van der Waals surface area contributed by atoms with Gasteiger partial charge in [-0.3, -0.25) is 4.98 Å². The van der Waals surface area contributed by atoms with Crippen molar-refractivity contribution in [3.8, 4) is 0 Å². The Bertz CT molecular complexity index is 346. The average Bonchev–Trinajstić information content (AvgIpc) is 2.23. The second-order valence-electron chi connectivity index (χ2n) is 4.19. The van der Waals surface area contributed by atoms with E-state index in [1.54, 1.807) is 0 Å². The highest BCUT2D eigenvalue weighted by atomic mass is 19.1. The molecule has 1 saturated carbocycles. The summed E-state index contributed by atoms with van der Waals surface area (Å²) in [5, 5.41) is 0. The van der Waals surface area contributed by atoms with Crippen LogP contribution in [0, 0.1) is 5.82 Å². The number of nitrogens with two attached hydrogens (primary N) is 1. The van der Waals surface area contributed by atoms with Crippen LogP contribution in [0.1, 0.15) is 31.2 Å². The average molecular weight is 212 g/mol. The zero-order valence-electron chi connectivity index (χ0n) is 8.42. The van der Waals surface area contributed by atoms with Gasteiger partial charge in [-0.05, 0) is 31.7 Å². The molecule has 1 aliphatic rings. The number of rotatable bonds is 1. The van der Waals surface area contributed by atoms with Crippen molar-refractivity contribution in [3.05, 3.63) is 29.8 Å². The summed E-state index contributed by atoms with van der Waals surface area (Å²) in [6, 6.07) is 1.31. The van der Waals surface area contributed by atoms with E-state index in [9.17, 15) is 8.78 Å². The predicted octanol–water partition coefficient (Wildman–Crippen LogP) is 2.29. The van der Waals surface area contributed by atoms with E-state index < -0.39 is 11.5 Å². The Morgan fingerprint density at radius 3 is 2.60 bits per heavy atom. The van der Waals surface area contributed by atoms with E-state index in [-0.39, 0.29) is 6.04 Å². The van der Waals surface area contributed by atoms with Crippen LogP contribution in [-0.4, -0.2) is 11.0 Å². The van der Waals surface area contributed by atoms with Gasteiger partial charge in [-0.2, -0.15) is 0 Å². The molecule has 1 aromatic rings. The fraction of sp³-hybridized carbons (Fsp3) is 0.545. The Kier molecular flexibility index (Phi) is 2.69. The molecule has 82 valence electrons. The van der Waals surface area contributed by atoms with Gasteiger partial charge < -0.3 is 5.73 Å². The standard InChI is InChI=1S/C11H14F2N2/c12-9-5-8(6-15-7-9)11(13)3-1-10(14)2-4-11/h5-7,10H,1-4,14H2. The second kappa shape index (κ2) is 3.85. The van der Waals surface area contributed by atoms with Gasteiger partial charge in [0, 0.05) is 17.8 Å². The van der Waals surface area contributed by atoms with E-state index in [2.05, 4.69) is 4.98 Å². The van der Waals surface area contributed by atoms with Crippen LogP contribution in [0.2, 0.25) is 0 Å². The van der Waals surface area contributed by atoms with Crippen molar-refractivity contribution in [3.63, 3.8) is 0 Å². The normalized spacial score (nSPS) is 31.5. The molecule has 0 spiro atoms. The van der Waals surface area contributed by atoms with Crippen molar-refractivity contribution in [1.29, 1.82) is 0 Å². The highest BCUT2D eigenvalue weighted by Crippen LogP contribution is 2.40. The van der Waals surface area contributed by atoms with E-state index in [1.165, 1.54) is 12.3 Å². The smallest absolute Gasteiger partial charge is 0.141 e. The summed E-state index contributed by atoms with van der Waals surface area (Å²) in [5.74, 6) is -0.487. The summed E-state index contributed by atoms with van der Waals surface area (Å²) < 4.78 is 27.3. The van der Waals surface area contributed by atoms with Gasteiger partial charge in [0.05, 0.1) is 6.20 Å². The highest BCUT2D eigenvalue weighted by molar-refractivity contribution is 5.20. The van der Waals surface area contributed by atoms with Gasteiger partial charge in [-0.1, -0.05) is 0 Å². The maximum absolute atomic E-state index is 14.4. The monoisotopic (exact) mass is 212 g/mol. The molecule has 2 rings (SSSR count). The fourth-order valence-corrected chi connectivity index (χ4v) is 2.04. The summed E-state index contributed by atoms with van der Waals surface area (Å²) in [6.07, 6.45) is 4.50. The van der Waals surface area contributed by atoms with Gasteiger partial charge in [0.2, 0.25) is 0 Å². The van der Waals surface area contributed by atoms with Gasteiger partial charge >= 0.3 is 0 Å². The minimum Gasteiger partial charge on any atom is -0.328 e. The van der Waals surface area contributed by atoms with Crippen LogP contribution in [0.4, 0.5) is 8.78 Å². The van der Waals surface area contributed by atoms with Crippen molar-refractivity contribution in [1.82, 2.24) is 4.98 Å². The largest absolute Gasteiger partial charge is 0.328 e. The number of pyridine rings is 1. The molecule has 1 heterocycles. The Hall–Kier alpha value is -1.03. The van der Waals surface area contributed by atoms with Crippen LogP contribution >= 0.6 is 0 Å². The summed E-state index contributed by atoms with van der Waals surface area (Å²) in [5.41, 5.74) is 4.61. The van der Waals surface area contributed by atoms with Gasteiger partial charge in [-0.25, -0.2) is 8.78 Å². The molecule has 2 N–H and O–H groups in total. The highest BCUT2D eigenvalue weighted by Gasteiger charge is 2.36. The SMILES string of the molecule is NC1CCC(F)(c2cncc(F)c2)CC1. The summed E-state index contributed by atoms with van der Waals surface area (Å²) in [7, 11) is 0. The molecule has 0 aliphatic heterocycles. The molecule has 2 nitrogen and oxygen atoms in total. The molecule has 0 bridgehead atoms. The van der Waals surface area contributed by atoms with Crippen molar-refractivity contribution in [2.75, 3.05) is 0 Å². The Labute approximate surface area is 87.5 Å². The molecule has 0 saturated heterocycles. The van der Waals surface area contributed by atoms with Crippen LogP contribution in [0.5, 0.6) is 0 Å². The van der Waals surface area contributed by atoms with Crippen LogP contribution in [0.3, 0.4) is 0 Å². The molecule has 0 unspecified atom stereocenters. The first kappa shape index (κ1) is 10.5. The quantitative estimate of drug-likeness (QED) is 0.775. The first-order valence-electron chi connectivity index (χ1n) is 5.16. The molecular formula is C11H14F2N2. The molecule has 15 heavy (non-hydrogen) atoms. The predicted molar refractivity (Wildman–Crippen MR) is 53.4 cm³/mol. The van der Waals surface area contributed by atoms with Gasteiger partial charge in [0.25, 0.3) is 0 Å². The molecule has 4 heteroatoms. The third kappa shape index (κ3) is 2.15. The van der Waals surface area contributed by atoms with Gasteiger partial charge in [0.15, 0.2) is 0 Å². The molecule has 1 fully saturated rings. The van der Waals surface area contributed by atoms with E-state index in [0.717, 1.165) is 6.20 Å². The number of hydrogen-bond acceptors (Lipinski definition) is 2. The molecule has 0 amide bonds. The zero-order valence-corrected chi connectivity index (χ0v) is 8.42. The van der Waals surface area contributed by atoms with Crippen LogP contribution in [-0.2, 0) is 5.67 Å². The molecule has 0 atom stereocenters. The summed E-state index contributed by atoms with van der Waals surface area (Å²) in [6.45, 7) is 0. The first-order valence-corrected chi connectivity index (χ1v) is 5.16. The van der Waals surface area contributed by atoms with E-state index >= 15 is 0 Å². The molecule has 0 radical (unpaired) electrons. The third-order valence-corrected chi connectivity index (χ3v) is 3.05. The van der Waals surface area contributed by atoms with Gasteiger partial charge in [0.1, 0.15) is 11.5 Å². The first-order chi connectivity index (χ1) is 7.10. The van der Waals surface area contributed by atoms with E-state index in [4.69, 9.17) is 5.73 Å². The molecular weight excluding hydrogens is 198 g/mol. The lowest BCUT2D eigenvalue weighted by Crippen LogP contribution is -2.34. The fourth-order valence-electron chi connectivity index (χ4n) is 2.04.